The molecule has 0 aliphatic carbocycles. The third-order valence-corrected chi connectivity index (χ3v) is 3.29. The second kappa shape index (κ2) is 4.76. The smallest absolute Gasteiger partial charge is 0.250 e. The number of aryl methyl sites for hydroxylation is 1. The van der Waals surface area contributed by atoms with Crippen LogP contribution >= 0.6 is 0 Å². The van der Waals surface area contributed by atoms with Crippen LogP contribution in [0.2, 0.25) is 0 Å². The van der Waals surface area contributed by atoms with Gasteiger partial charge < -0.3 is 8.98 Å². The van der Waals surface area contributed by atoms with Crippen molar-refractivity contribution in [2.45, 2.75) is 33.6 Å². The largest absolute Gasteiger partial charge is 0.421 e. The highest BCUT2D eigenvalue weighted by molar-refractivity contribution is 5.88. The summed E-state index contributed by atoms with van der Waals surface area (Å²) in [5, 5.41) is 8.04. The summed E-state index contributed by atoms with van der Waals surface area (Å²) in [6.07, 6.45) is 2.56. The summed E-state index contributed by atoms with van der Waals surface area (Å²) in [5.74, 6) is 1.05. The van der Waals surface area contributed by atoms with Gasteiger partial charge in [0.05, 0.1) is 5.56 Å². The van der Waals surface area contributed by atoms with Crippen molar-refractivity contribution in [3.63, 3.8) is 0 Å². The van der Waals surface area contributed by atoms with E-state index in [2.05, 4.69) is 17.1 Å². The summed E-state index contributed by atoms with van der Waals surface area (Å²) in [4.78, 5) is 11.2. The monoisotopic (exact) mass is 247 g/mol. The number of carbonyl (C=O) groups is 1. The second-order valence-electron chi connectivity index (χ2n) is 4.39. The first-order valence-corrected chi connectivity index (χ1v) is 6.03. The molecule has 0 atom stereocenters. The molecule has 2 heterocycles. The summed E-state index contributed by atoms with van der Waals surface area (Å²) >= 11 is 0. The Labute approximate surface area is 106 Å². The highest BCUT2D eigenvalue weighted by atomic mass is 16.4. The first kappa shape index (κ1) is 12.5. The number of rotatable bonds is 4. The Morgan fingerprint density at radius 1 is 1.28 bits per heavy atom. The number of aldehydes is 1. The van der Waals surface area contributed by atoms with E-state index in [0.29, 0.717) is 17.3 Å². The Balaban J connectivity index is 2.55. The average Bonchev–Trinajstić information content (AvgIpc) is 2.88. The zero-order valence-corrected chi connectivity index (χ0v) is 11.1. The SMILES string of the molecule is CCCc1nnc(-c2c(C=O)c(C)n(C)c2C)o1. The molecule has 96 valence electrons. The lowest BCUT2D eigenvalue weighted by Gasteiger charge is -1.98. The van der Waals surface area contributed by atoms with Crippen molar-refractivity contribution in [1.82, 2.24) is 14.8 Å². The molecule has 0 radical (unpaired) electrons. The van der Waals surface area contributed by atoms with Crippen LogP contribution in [-0.4, -0.2) is 21.1 Å². The third kappa shape index (κ3) is 1.85. The van der Waals surface area contributed by atoms with Crippen molar-refractivity contribution < 1.29 is 9.21 Å². The molecule has 2 rings (SSSR count). The Kier molecular flexibility index (Phi) is 3.32. The van der Waals surface area contributed by atoms with Crippen LogP contribution in [0.1, 0.15) is 41.0 Å². The van der Waals surface area contributed by atoms with E-state index in [1.165, 1.54) is 0 Å². The van der Waals surface area contributed by atoms with E-state index in [-0.39, 0.29) is 0 Å². The maximum Gasteiger partial charge on any atom is 0.250 e. The van der Waals surface area contributed by atoms with Gasteiger partial charge in [-0.1, -0.05) is 6.92 Å². The minimum absolute atomic E-state index is 0.432. The van der Waals surface area contributed by atoms with Crippen LogP contribution < -0.4 is 0 Å². The topological polar surface area (TPSA) is 60.9 Å². The number of hydrogen-bond donors (Lipinski definition) is 0. The quantitative estimate of drug-likeness (QED) is 0.779. The fourth-order valence-electron chi connectivity index (χ4n) is 2.06. The summed E-state index contributed by atoms with van der Waals surface area (Å²) in [6.45, 7) is 5.90. The van der Waals surface area contributed by atoms with E-state index < -0.39 is 0 Å². The van der Waals surface area contributed by atoms with Crippen LogP contribution in [0.15, 0.2) is 4.42 Å². The minimum Gasteiger partial charge on any atom is -0.421 e. The molecule has 0 amide bonds. The molecule has 5 heteroatoms. The Bertz CT molecular complexity index is 581. The highest BCUT2D eigenvalue weighted by Crippen LogP contribution is 2.29. The first-order chi connectivity index (χ1) is 8.60. The lowest BCUT2D eigenvalue weighted by molar-refractivity contribution is 0.112. The average molecular weight is 247 g/mol. The van der Waals surface area contributed by atoms with E-state index in [4.69, 9.17) is 4.42 Å². The van der Waals surface area contributed by atoms with Crippen molar-refractivity contribution in [2.75, 3.05) is 0 Å². The zero-order chi connectivity index (χ0) is 13.3. The Hall–Kier alpha value is -1.91. The van der Waals surface area contributed by atoms with Crippen LogP contribution in [0.5, 0.6) is 0 Å². The van der Waals surface area contributed by atoms with Gasteiger partial charge in [-0.15, -0.1) is 10.2 Å². The molecule has 0 unspecified atom stereocenters. The highest BCUT2D eigenvalue weighted by Gasteiger charge is 2.21. The molecule has 2 aromatic heterocycles. The summed E-state index contributed by atoms with van der Waals surface area (Å²) in [5.41, 5.74) is 3.25. The van der Waals surface area contributed by atoms with Gasteiger partial charge in [0.2, 0.25) is 11.8 Å². The molecule has 5 nitrogen and oxygen atoms in total. The Morgan fingerprint density at radius 2 is 2.00 bits per heavy atom. The van der Waals surface area contributed by atoms with Gasteiger partial charge >= 0.3 is 0 Å². The number of nitrogens with zero attached hydrogens (tertiary/aromatic N) is 3. The predicted molar refractivity (Wildman–Crippen MR) is 67.6 cm³/mol. The molecular formula is C13H17N3O2. The van der Waals surface area contributed by atoms with E-state index in [0.717, 1.165) is 36.1 Å². The van der Waals surface area contributed by atoms with Crippen molar-refractivity contribution >= 4 is 6.29 Å². The molecule has 0 bridgehead atoms. The molecule has 0 aliphatic rings. The van der Waals surface area contributed by atoms with E-state index in [1.807, 2.05) is 25.5 Å². The van der Waals surface area contributed by atoms with Crippen molar-refractivity contribution in [1.29, 1.82) is 0 Å². The van der Waals surface area contributed by atoms with E-state index in [9.17, 15) is 4.79 Å². The number of hydrogen-bond acceptors (Lipinski definition) is 4. The van der Waals surface area contributed by atoms with E-state index >= 15 is 0 Å². The molecule has 0 saturated carbocycles. The number of aromatic nitrogens is 3. The maximum atomic E-state index is 11.2. The van der Waals surface area contributed by atoms with Crippen LogP contribution in [-0.2, 0) is 13.5 Å². The van der Waals surface area contributed by atoms with Gasteiger partial charge in [0.1, 0.15) is 0 Å². The molecule has 0 fully saturated rings. The summed E-state index contributed by atoms with van der Waals surface area (Å²) < 4.78 is 7.57. The lowest BCUT2D eigenvalue weighted by atomic mass is 10.1. The number of carbonyl (C=O) groups excluding carboxylic acids is 1. The fraction of sp³-hybridized carbons (Fsp3) is 0.462. The third-order valence-electron chi connectivity index (χ3n) is 3.29. The van der Waals surface area contributed by atoms with Gasteiger partial charge in [-0.3, -0.25) is 4.79 Å². The predicted octanol–water partition coefficient (Wildman–Crippen LogP) is 2.46. The molecule has 0 aromatic carbocycles. The van der Waals surface area contributed by atoms with Gasteiger partial charge in [-0.2, -0.15) is 0 Å². The molecule has 2 aromatic rings. The first-order valence-electron chi connectivity index (χ1n) is 6.03. The maximum absolute atomic E-state index is 11.2. The van der Waals surface area contributed by atoms with Gasteiger partial charge in [-0.25, -0.2) is 0 Å². The standard InChI is InChI=1S/C13H17N3O2/c1-5-6-11-14-15-13(18-11)12-9(3)16(4)8(2)10(12)7-17/h7H,5-6H2,1-4H3. The molecule has 0 saturated heterocycles. The van der Waals surface area contributed by atoms with Crippen LogP contribution in [0.4, 0.5) is 0 Å². The van der Waals surface area contributed by atoms with E-state index in [1.54, 1.807) is 0 Å². The molecule has 18 heavy (non-hydrogen) atoms. The molecule has 0 aliphatic heterocycles. The molecule has 0 spiro atoms. The van der Waals surface area contributed by atoms with Gasteiger partial charge in [0.25, 0.3) is 0 Å². The van der Waals surface area contributed by atoms with Crippen molar-refractivity contribution in [3.8, 4) is 11.5 Å². The van der Waals surface area contributed by atoms with Crippen LogP contribution in [0, 0.1) is 13.8 Å². The van der Waals surface area contributed by atoms with Gasteiger partial charge in [0, 0.05) is 30.4 Å². The molecular weight excluding hydrogens is 230 g/mol. The fourth-order valence-corrected chi connectivity index (χ4v) is 2.06. The lowest BCUT2D eigenvalue weighted by Crippen LogP contribution is -1.93. The van der Waals surface area contributed by atoms with Crippen molar-refractivity contribution in [2.24, 2.45) is 7.05 Å². The zero-order valence-electron chi connectivity index (χ0n) is 11.1. The van der Waals surface area contributed by atoms with Crippen LogP contribution in [0.25, 0.3) is 11.5 Å². The van der Waals surface area contributed by atoms with Crippen LogP contribution in [0.3, 0.4) is 0 Å². The molecule has 0 N–H and O–H groups in total. The summed E-state index contributed by atoms with van der Waals surface area (Å²) in [7, 11) is 1.92. The van der Waals surface area contributed by atoms with Crippen molar-refractivity contribution in [3.05, 3.63) is 22.8 Å². The normalized spacial score (nSPS) is 10.9. The van der Waals surface area contributed by atoms with Gasteiger partial charge in [-0.05, 0) is 20.3 Å². The van der Waals surface area contributed by atoms with Gasteiger partial charge in [0.15, 0.2) is 6.29 Å². The Morgan fingerprint density at radius 3 is 2.61 bits per heavy atom. The minimum atomic E-state index is 0.432. The summed E-state index contributed by atoms with van der Waals surface area (Å²) in [6, 6.07) is 0. The second-order valence-corrected chi connectivity index (χ2v) is 4.39.